The number of fused-ring (bicyclic) bond motifs is 1. The molecular formula is C19H21N5O5S. The fourth-order valence-corrected chi connectivity index (χ4v) is 4.22. The van der Waals surface area contributed by atoms with Crippen LogP contribution in [0.2, 0.25) is 0 Å². The Balaban J connectivity index is 1.49. The third-order valence-electron chi connectivity index (χ3n) is 4.78. The Morgan fingerprint density at radius 3 is 3.03 bits per heavy atom. The molecule has 1 fully saturated rings. The average Bonchev–Trinajstić information content (AvgIpc) is 3.41. The first kappa shape index (κ1) is 20.2. The van der Waals surface area contributed by atoms with Crippen molar-refractivity contribution in [3.63, 3.8) is 0 Å². The molecule has 1 N–H and O–H groups in total. The van der Waals surface area contributed by atoms with E-state index >= 15 is 0 Å². The molecule has 3 aromatic rings. The molecule has 0 aliphatic carbocycles. The van der Waals surface area contributed by atoms with E-state index in [2.05, 4.69) is 15.1 Å². The van der Waals surface area contributed by atoms with Gasteiger partial charge < -0.3 is 14.1 Å². The molecule has 1 saturated heterocycles. The number of aromatic amines is 1. The number of hydrogen-bond acceptors (Lipinski definition) is 8. The first-order chi connectivity index (χ1) is 14.5. The minimum Gasteiger partial charge on any atom is -0.466 e. The van der Waals surface area contributed by atoms with Crippen LogP contribution in [0.3, 0.4) is 0 Å². The lowest BCUT2D eigenvalue weighted by Gasteiger charge is -2.31. The van der Waals surface area contributed by atoms with E-state index in [-0.39, 0.29) is 29.1 Å². The summed E-state index contributed by atoms with van der Waals surface area (Å²) in [6.07, 6.45) is 2.99. The van der Waals surface area contributed by atoms with E-state index in [4.69, 9.17) is 9.15 Å². The Kier molecular flexibility index (Phi) is 5.88. The monoisotopic (exact) mass is 431 g/mol. The number of H-pyrrole nitrogens is 1. The number of carbonyl (C=O) groups excluding carboxylic acids is 2. The van der Waals surface area contributed by atoms with Gasteiger partial charge in [-0.05, 0) is 31.9 Å². The lowest BCUT2D eigenvalue weighted by molar-refractivity contribution is -0.151. The topological polar surface area (TPSA) is 123 Å². The van der Waals surface area contributed by atoms with Crippen LogP contribution in [0.15, 0.2) is 38.8 Å². The Morgan fingerprint density at radius 2 is 2.27 bits per heavy atom. The van der Waals surface area contributed by atoms with E-state index in [1.165, 1.54) is 28.6 Å². The van der Waals surface area contributed by atoms with Crippen LogP contribution in [-0.2, 0) is 14.3 Å². The van der Waals surface area contributed by atoms with Gasteiger partial charge in [0.15, 0.2) is 22.4 Å². The number of piperidine rings is 1. The second-order valence-corrected chi connectivity index (χ2v) is 7.78. The van der Waals surface area contributed by atoms with Crippen molar-refractivity contribution >= 4 is 29.3 Å². The van der Waals surface area contributed by atoms with Crippen LogP contribution >= 0.6 is 11.8 Å². The standard InChI is InChI=1S/C19H21N5O5S/c1-2-28-18(27)12-5-3-7-23(10-12)16(26)11-30-19-21-17(13-6-4-8-29-13)20-14-9-15(25)22-24(14)19/h4,6,8-9,12H,2-3,5,7,10-11H2,1H3,(H,22,25)/t12-/m1/s1. The highest BCUT2D eigenvalue weighted by atomic mass is 32.2. The van der Waals surface area contributed by atoms with Gasteiger partial charge in [-0.15, -0.1) is 0 Å². The van der Waals surface area contributed by atoms with Crippen molar-refractivity contribution < 1.29 is 18.7 Å². The maximum Gasteiger partial charge on any atom is 0.310 e. The summed E-state index contributed by atoms with van der Waals surface area (Å²) in [4.78, 5) is 47.0. The van der Waals surface area contributed by atoms with Crippen molar-refractivity contribution in [2.45, 2.75) is 24.9 Å². The number of hydrogen-bond donors (Lipinski definition) is 1. The quantitative estimate of drug-likeness (QED) is 0.461. The summed E-state index contributed by atoms with van der Waals surface area (Å²) in [5, 5.41) is 3.05. The molecule has 0 radical (unpaired) electrons. The highest BCUT2D eigenvalue weighted by Gasteiger charge is 2.29. The second-order valence-electron chi connectivity index (χ2n) is 6.84. The molecule has 0 aromatic carbocycles. The number of furan rings is 1. The average molecular weight is 431 g/mol. The molecule has 0 spiro atoms. The van der Waals surface area contributed by atoms with E-state index in [0.717, 1.165) is 12.8 Å². The molecule has 4 heterocycles. The molecule has 1 atom stereocenters. The van der Waals surface area contributed by atoms with E-state index in [0.29, 0.717) is 42.1 Å². The first-order valence-corrected chi connectivity index (χ1v) is 10.6. The fourth-order valence-electron chi connectivity index (χ4n) is 3.37. The third-order valence-corrected chi connectivity index (χ3v) is 5.71. The Hall–Kier alpha value is -3.08. The number of thioether (sulfide) groups is 1. The number of amides is 1. The van der Waals surface area contributed by atoms with E-state index in [1.54, 1.807) is 24.0 Å². The van der Waals surface area contributed by atoms with Gasteiger partial charge in [-0.3, -0.25) is 19.5 Å². The normalized spacial score (nSPS) is 16.7. The van der Waals surface area contributed by atoms with Crippen LogP contribution in [0.5, 0.6) is 0 Å². The lowest BCUT2D eigenvalue weighted by atomic mass is 9.98. The first-order valence-electron chi connectivity index (χ1n) is 9.66. The van der Waals surface area contributed by atoms with E-state index < -0.39 is 0 Å². The number of carbonyl (C=O) groups is 2. The Morgan fingerprint density at radius 1 is 1.40 bits per heavy atom. The molecule has 30 heavy (non-hydrogen) atoms. The van der Waals surface area contributed by atoms with Gasteiger partial charge in [0.25, 0.3) is 5.56 Å². The predicted octanol–water partition coefficient (Wildman–Crippen LogP) is 1.57. The maximum atomic E-state index is 12.8. The smallest absolute Gasteiger partial charge is 0.310 e. The van der Waals surface area contributed by atoms with Gasteiger partial charge in [-0.1, -0.05) is 11.8 Å². The zero-order chi connectivity index (χ0) is 21.1. The minimum atomic E-state index is -0.317. The Bertz CT molecular complexity index is 1110. The molecule has 0 unspecified atom stereocenters. The predicted molar refractivity (Wildman–Crippen MR) is 108 cm³/mol. The highest BCUT2D eigenvalue weighted by Crippen LogP contribution is 2.23. The van der Waals surface area contributed by atoms with Gasteiger partial charge in [0.1, 0.15) is 0 Å². The molecule has 1 aliphatic heterocycles. The zero-order valence-corrected chi connectivity index (χ0v) is 17.2. The molecule has 11 heteroatoms. The fraction of sp³-hybridized carbons (Fsp3) is 0.421. The van der Waals surface area contributed by atoms with Crippen molar-refractivity contribution in [3.05, 3.63) is 34.8 Å². The second kappa shape index (κ2) is 8.74. The summed E-state index contributed by atoms with van der Waals surface area (Å²) in [5.74, 6) is 0.258. The van der Waals surface area contributed by atoms with Gasteiger partial charge in [0, 0.05) is 19.2 Å². The molecule has 0 saturated carbocycles. The van der Waals surface area contributed by atoms with Crippen LogP contribution < -0.4 is 5.56 Å². The molecule has 3 aromatic heterocycles. The van der Waals surface area contributed by atoms with Gasteiger partial charge in [-0.2, -0.15) is 4.98 Å². The highest BCUT2D eigenvalue weighted by molar-refractivity contribution is 7.99. The number of rotatable bonds is 6. The summed E-state index contributed by atoms with van der Waals surface area (Å²) < 4.78 is 11.9. The molecule has 1 amide bonds. The van der Waals surface area contributed by atoms with Crippen molar-refractivity contribution in [2.75, 3.05) is 25.4 Å². The Labute approximate surface area is 175 Å². The van der Waals surface area contributed by atoms with Crippen molar-refractivity contribution in [1.29, 1.82) is 0 Å². The summed E-state index contributed by atoms with van der Waals surface area (Å²) in [6, 6.07) is 4.80. The molecule has 10 nitrogen and oxygen atoms in total. The third kappa shape index (κ3) is 4.25. The van der Waals surface area contributed by atoms with Gasteiger partial charge in [0.2, 0.25) is 5.91 Å². The number of likely N-dealkylation sites (tertiary alicyclic amines) is 1. The maximum absolute atomic E-state index is 12.8. The molecule has 0 bridgehead atoms. The summed E-state index contributed by atoms with van der Waals surface area (Å²) >= 11 is 1.19. The van der Waals surface area contributed by atoms with Crippen molar-refractivity contribution in [3.8, 4) is 11.6 Å². The number of nitrogens with zero attached hydrogens (tertiary/aromatic N) is 4. The van der Waals surface area contributed by atoms with Crippen LogP contribution in [0, 0.1) is 5.92 Å². The van der Waals surface area contributed by atoms with E-state index in [9.17, 15) is 14.4 Å². The lowest BCUT2D eigenvalue weighted by Crippen LogP contribution is -2.43. The van der Waals surface area contributed by atoms with Crippen LogP contribution in [0.1, 0.15) is 19.8 Å². The van der Waals surface area contributed by atoms with Gasteiger partial charge in [-0.25, -0.2) is 9.50 Å². The van der Waals surface area contributed by atoms with Gasteiger partial charge >= 0.3 is 5.97 Å². The molecular weight excluding hydrogens is 410 g/mol. The number of aromatic nitrogens is 4. The molecule has 158 valence electrons. The number of nitrogens with one attached hydrogen (secondary N) is 1. The SMILES string of the molecule is CCOC(=O)[C@@H]1CCCN(C(=O)CSc2nc(-c3ccco3)nc3cc(=O)[nH]n23)C1. The minimum absolute atomic E-state index is 0.102. The summed E-state index contributed by atoms with van der Waals surface area (Å²) in [6.45, 7) is 3.06. The van der Waals surface area contributed by atoms with Crippen LogP contribution in [0.4, 0.5) is 0 Å². The molecule has 1 aliphatic rings. The zero-order valence-electron chi connectivity index (χ0n) is 16.4. The largest absolute Gasteiger partial charge is 0.466 e. The van der Waals surface area contributed by atoms with E-state index in [1.807, 2.05) is 0 Å². The van der Waals surface area contributed by atoms with Crippen molar-refractivity contribution in [1.82, 2.24) is 24.5 Å². The summed E-state index contributed by atoms with van der Waals surface area (Å²) in [5.41, 5.74) is 0.0686. The van der Waals surface area contributed by atoms with Gasteiger partial charge in [0.05, 0.1) is 24.5 Å². The van der Waals surface area contributed by atoms with Crippen LogP contribution in [0.25, 0.3) is 17.2 Å². The van der Waals surface area contributed by atoms with Crippen LogP contribution in [-0.4, -0.2) is 61.8 Å². The number of ether oxygens (including phenoxy) is 1. The van der Waals surface area contributed by atoms with Crippen molar-refractivity contribution in [2.24, 2.45) is 5.92 Å². The summed E-state index contributed by atoms with van der Waals surface area (Å²) in [7, 11) is 0. The number of esters is 1. The molecule has 4 rings (SSSR count).